The lowest BCUT2D eigenvalue weighted by Gasteiger charge is -2.46. The molecule has 18 heavy (non-hydrogen) atoms. The number of carbonyl (C=O) groups excluding carboxylic acids is 2. The third-order valence-corrected chi connectivity index (χ3v) is 5.46. The molecule has 3 heteroatoms. The molecule has 0 radical (unpaired) electrons. The molecule has 4 atom stereocenters. The van der Waals surface area contributed by atoms with Crippen molar-refractivity contribution in [2.75, 3.05) is 6.61 Å². The zero-order chi connectivity index (χ0) is 12.8. The standard InChI is InChI=1S/C15H22O3/c1-2-18-14(17)10-7-11-12-5-3-4-6-15(12,8-10)9-13(11)16/h10-12H,2-9H2,1H3. The fraction of sp³-hybridized carbons (Fsp3) is 0.867. The first-order valence-electron chi connectivity index (χ1n) is 7.35. The lowest BCUT2D eigenvalue weighted by molar-refractivity contribution is -0.152. The minimum absolute atomic E-state index is 0.0178. The molecule has 0 N–H and O–H groups in total. The Kier molecular flexibility index (Phi) is 2.95. The molecule has 0 saturated heterocycles. The predicted octanol–water partition coefficient (Wildman–Crippen LogP) is 2.73. The average molecular weight is 250 g/mol. The molecule has 0 aromatic rings. The molecule has 3 aliphatic carbocycles. The van der Waals surface area contributed by atoms with Gasteiger partial charge in [0.1, 0.15) is 5.78 Å². The van der Waals surface area contributed by atoms with Gasteiger partial charge in [-0.1, -0.05) is 12.8 Å². The molecule has 0 amide bonds. The van der Waals surface area contributed by atoms with Gasteiger partial charge in [-0.05, 0) is 43.9 Å². The summed E-state index contributed by atoms with van der Waals surface area (Å²) < 4.78 is 5.17. The van der Waals surface area contributed by atoms with Gasteiger partial charge in [0.05, 0.1) is 12.5 Å². The summed E-state index contributed by atoms with van der Waals surface area (Å²) >= 11 is 0. The molecule has 3 nitrogen and oxygen atoms in total. The topological polar surface area (TPSA) is 43.4 Å². The number of rotatable bonds is 2. The van der Waals surface area contributed by atoms with Gasteiger partial charge in [0.2, 0.25) is 0 Å². The Balaban J connectivity index is 1.83. The maximum Gasteiger partial charge on any atom is 0.308 e. The summed E-state index contributed by atoms with van der Waals surface area (Å²) in [7, 11) is 0. The van der Waals surface area contributed by atoms with Gasteiger partial charge in [-0.15, -0.1) is 0 Å². The molecule has 3 saturated carbocycles. The minimum Gasteiger partial charge on any atom is -0.466 e. The van der Waals surface area contributed by atoms with Crippen LogP contribution in [0.5, 0.6) is 0 Å². The van der Waals surface area contributed by atoms with Crippen LogP contribution in [0, 0.1) is 23.2 Å². The molecule has 3 rings (SSSR count). The van der Waals surface area contributed by atoms with Gasteiger partial charge < -0.3 is 4.74 Å². The first-order valence-corrected chi connectivity index (χ1v) is 7.35. The third kappa shape index (κ3) is 1.70. The number of ether oxygens (including phenoxy) is 1. The van der Waals surface area contributed by atoms with Crippen molar-refractivity contribution in [2.45, 2.75) is 51.9 Å². The SMILES string of the molecule is CCOC(=O)C1CC2C(=O)CC3(CCCCC23)C1. The zero-order valence-corrected chi connectivity index (χ0v) is 11.1. The van der Waals surface area contributed by atoms with Gasteiger partial charge in [-0.2, -0.15) is 0 Å². The van der Waals surface area contributed by atoms with Crippen LogP contribution in [-0.4, -0.2) is 18.4 Å². The van der Waals surface area contributed by atoms with Crippen LogP contribution in [0.1, 0.15) is 51.9 Å². The smallest absolute Gasteiger partial charge is 0.308 e. The Labute approximate surface area is 108 Å². The van der Waals surface area contributed by atoms with Crippen LogP contribution in [0.15, 0.2) is 0 Å². The van der Waals surface area contributed by atoms with E-state index in [1.165, 1.54) is 19.3 Å². The first-order chi connectivity index (χ1) is 8.66. The van der Waals surface area contributed by atoms with E-state index in [4.69, 9.17) is 4.74 Å². The highest BCUT2D eigenvalue weighted by molar-refractivity contribution is 5.86. The van der Waals surface area contributed by atoms with E-state index in [1.807, 2.05) is 6.92 Å². The normalized spacial score (nSPS) is 42.5. The van der Waals surface area contributed by atoms with Crippen LogP contribution < -0.4 is 0 Å². The van der Waals surface area contributed by atoms with E-state index >= 15 is 0 Å². The average Bonchev–Trinajstić information content (AvgIpc) is 2.54. The second kappa shape index (κ2) is 4.36. The van der Waals surface area contributed by atoms with Crippen molar-refractivity contribution in [1.82, 2.24) is 0 Å². The van der Waals surface area contributed by atoms with Crippen molar-refractivity contribution in [2.24, 2.45) is 23.2 Å². The molecule has 4 unspecified atom stereocenters. The van der Waals surface area contributed by atoms with Gasteiger partial charge in [-0.3, -0.25) is 9.59 Å². The third-order valence-electron chi connectivity index (χ3n) is 5.46. The van der Waals surface area contributed by atoms with Crippen LogP contribution >= 0.6 is 0 Å². The Morgan fingerprint density at radius 2 is 2.28 bits per heavy atom. The second-order valence-corrected chi connectivity index (χ2v) is 6.35. The van der Waals surface area contributed by atoms with Crippen LogP contribution in [0.4, 0.5) is 0 Å². The van der Waals surface area contributed by atoms with Crippen molar-refractivity contribution in [3.8, 4) is 0 Å². The van der Waals surface area contributed by atoms with Crippen molar-refractivity contribution < 1.29 is 14.3 Å². The Bertz CT molecular complexity index is 376. The summed E-state index contributed by atoms with van der Waals surface area (Å²) in [6.07, 6.45) is 7.23. The Morgan fingerprint density at radius 3 is 3.06 bits per heavy atom. The molecule has 100 valence electrons. The maximum absolute atomic E-state index is 12.2. The van der Waals surface area contributed by atoms with E-state index in [0.717, 1.165) is 25.7 Å². The lowest BCUT2D eigenvalue weighted by Crippen LogP contribution is -2.41. The maximum atomic E-state index is 12.2. The highest BCUT2D eigenvalue weighted by atomic mass is 16.5. The summed E-state index contributed by atoms with van der Waals surface area (Å²) in [6.45, 7) is 2.30. The number of ketones is 1. The van der Waals surface area contributed by atoms with Crippen LogP contribution in [0.3, 0.4) is 0 Å². The largest absolute Gasteiger partial charge is 0.466 e. The summed E-state index contributed by atoms with van der Waals surface area (Å²) in [5.41, 5.74) is 0.162. The van der Waals surface area contributed by atoms with Gasteiger partial charge in [0.15, 0.2) is 0 Å². The van der Waals surface area contributed by atoms with E-state index in [-0.39, 0.29) is 23.2 Å². The van der Waals surface area contributed by atoms with Crippen molar-refractivity contribution in [3.63, 3.8) is 0 Å². The highest BCUT2D eigenvalue weighted by Gasteiger charge is 2.58. The number of Topliss-reactive ketones (excluding diaryl/α,β-unsaturated/α-hetero) is 1. The lowest BCUT2D eigenvalue weighted by atomic mass is 9.58. The predicted molar refractivity (Wildman–Crippen MR) is 66.9 cm³/mol. The van der Waals surface area contributed by atoms with Gasteiger partial charge in [-0.25, -0.2) is 0 Å². The molecule has 0 aromatic heterocycles. The molecule has 0 aromatic carbocycles. The van der Waals surface area contributed by atoms with E-state index < -0.39 is 0 Å². The van der Waals surface area contributed by atoms with Crippen LogP contribution in [-0.2, 0) is 14.3 Å². The molecular formula is C15H22O3. The quantitative estimate of drug-likeness (QED) is 0.708. The van der Waals surface area contributed by atoms with Crippen molar-refractivity contribution in [3.05, 3.63) is 0 Å². The van der Waals surface area contributed by atoms with Crippen LogP contribution in [0.25, 0.3) is 0 Å². The molecular weight excluding hydrogens is 228 g/mol. The minimum atomic E-state index is -0.0689. The molecule has 0 spiro atoms. The Morgan fingerprint density at radius 1 is 1.44 bits per heavy atom. The van der Waals surface area contributed by atoms with E-state index in [9.17, 15) is 9.59 Å². The summed E-state index contributed by atoms with van der Waals surface area (Å²) in [6, 6.07) is 0. The van der Waals surface area contributed by atoms with Gasteiger partial charge >= 0.3 is 5.97 Å². The highest BCUT2D eigenvalue weighted by Crippen LogP contribution is 2.61. The fourth-order valence-electron chi connectivity index (χ4n) is 4.82. The summed E-state index contributed by atoms with van der Waals surface area (Å²) in [5, 5.41) is 0. The molecule has 2 bridgehead atoms. The molecule has 0 heterocycles. The van der Waals surface area contributed by atoms with E-state index in [1.54, 1.807) is 0 Å². The number of carbonyl (C=O) groups is 2. The monoisotopic (exact) mass is 250 g/mol. The van der Waals surface area contributed by atoms with Crippen molar-refractivity contribution in [1.29, 1.82) is 0 Å². The fourth-order valence-corrected chi connectivity index (χ4v) is 4.82. The van der Waals surface area contributed by atoms with Crippen molar-refractivity contribution >= 4 is 11.8 Å². The number of esters is 1. The Hall–Kier alpha value is -0.860. The summed E-state index contributed by atoms with van der Waals surface area (Å²) in [5.74, 6) is 1.07. The summed E-state index contributed by atoms with van der Waals surface area (Å²) in [4.78, 5) is 24.2. The number of hydrogen-bond acceptors (Lipinski definition) is 3. The molecule has 3 fully saturated rings. The second-order valence-electron chi connectivity index (χ2n) is 6.35. The van der Waals surface area contributed by atoms with Gasteiger partial charge in [0, 0.05) is 12.3 Å². The zero-order valence-electron chi connectivity index (χ0n) is 11.1. The molecule has 0 aliphatic heterocycles. The number of hydrogen-bond donors (Lipinski definition) is 0. The van der Waals surface area contributed by atoms with E-state index in [0.29, 0.717) is 18.3 Å². The van der Waals surface area contributed by atoms with E-state index in [2.05, 4.69) is 0 Å². The first kappa shape index (κ1) is 12.2. The molecule has 3 aliphatic rings. The van der Waals surface area contributed by atoms with Crippen LogP contribution in [0.2, 0.25) is 0 Å². The van der Waals surface area contributed by atoms with Gasteiger partial charge in [0.25, 0.3) is 0 Å².